The minimum atomic E-state index is -0.890. The summed E-state index contributed by atoms with van der Waals surface area (Å²) in [4.78, 5) is 22.2. The van der Waals surface area contributed by atoms with E-state index in [2.05, 4.69) is 9.97 Å². The fraction of sp³-hybridized carbons (Fsp3) is 0.500. The first kappa shape index (κ1) is 11.4. The van der Waals surface area contributed by atoms with Crippen LogP contribution in [0.3, 0.4) is 0 Å². The van der Waals surface area contributed by atoms with Crippen LogP contribution in [0.25, 0.3) is 0 Å². The third-order valence-corrected chi connectivity index (χ3v) is 2.67. The van der Waals surface area contributed by atoms with Gasteiger partial charge in [0.05, 0.1) is 12.4 Å². The van der Waals surface area contributed by atoms with Crippen LogP contribution in [0.1, 0.15) is 6.42 Å². The van der Waals surface area contributed by atoms with Crippen molar-refractivity contribution in [3.63, 3.8) is 0 Å². The third kappa shape index (κ3) is 2.74. The van der Waals surface area contributed by atoms with Crippen LogP contribution in [0.5, 0.6) is 5.75 Å². The highest BCUT2D eigenvalue weighted by Gasteiger charge is 2.19. The van der Waals surface area contributed by atoms with Crippen molar-refractivity contribution in [1.29, 1.82) is 0 Å². The lowest BCUT2D eigenvalue weighted by atomic mass is 10.4. The Morgan fingerprint density at radius 3 is 2.53 bits per heavy atom. The lowest BCUT2D eigenvalue weighted by Gasteiger charge is -2.20. The van der Waals surface area contributed by atoms with Gasteiger partial charge in [0.25, 0.3) is 0 Å². The van der Waals surface area contributed by atoms with E-state index < -0.39 is 6.09 Å². The molecule has 1 aliphatic rings. The van der Waals surface area contributed by atoms with Gasteiger partial charge in [-0.25, -0.2) is 14.8 Å². The zero-order valence-corrected chi connectivity index (χ0v) is 9.28. The molecule has 0 atom stereocenters. The molecule has 1 saturated heterocycles. The number of aromatic hydroxyl groups is 1. The second kappa shape index (κ2) is 4.86. The molecule has 0 spiro atoms. The molecular formula is C10H14N4O3. The molecule has 2 heterocycles. The van der Waals surface area contributed by atoms with Gasteiger partial charge >= 0.3 is 6.09 Å². The van der Waals surface area contributed by atoms with Gasteiger partial charge in [-0.1, -0.05) is 0 Å². The second-order valence-electron chi connectivity index (χ2n) is 3.85. The fourth-order valence-electron chi connectivity index (χ4n) is 1.79. The van der Waals surface area contributed by atoms with E-state index in [1.54, 1.807) is 0 Å². The zero-order valence-electron chi connectivity index (χ0n) is 9.28. The maximum atomic E-state index is 10.8. The predicted molar refractivity (Wildman–Crippen MR) is 60.1 cm³/mol. The highest BCUT2D eigenvalue weighted by Crippen LogP contribution is 2.13. The monoisotopic (exact) mass is 238 g/mol. The molecule has 92 valence electrons. The summed E-state index contributed by atoms with van der Waals surface area (Å²) in [6, 6.07) is 0. The number of carbonyl (C=O) groups is 1. The smallest absolute Gasteiger partial charge is 0.407 e. The van der Waals surface area contributed by atoms with Crippen LogP contribution in [0.15, 0.2) is 12.4 Å². The SMILES string of the molecule is O=C(O)N1CCCN(c2ncc(O)cn2)CC1. The van der Waals surface area contributed by atoms with Gasteiger partial charge in [0.15, 0.2) is 5.75 Å². The number of carboxylic acid groups (broad SMARTS) is 1. The van der Waals surface area contributed by atoms with Crippen LogP contribution < -0.4 is 4.90 Å². The first-order chi connectivity index (χ1) is 8.16. The first-order valence-corrected chi connectivity index (χ1v) is 5.40. The largest absolute Gasteiger partial charge is 0.505 e. The second-order valence-corrected chi connectivity index (χ2v) is 3.85. The maximum Gasteiger partial charge on any atom is 0.407 e. The number of aromatic nitrogens is 2. The van der Waals surface area contributed by atoms with Crippen molar-refractivity contribution in [3.8, 4) is 5.75 Å². The lowest BCUT2D eigenvalue weighted by molar-refractivity contribution is 0.148. The van der Waals surface area contributed by atoms with Gasteiger partial charge in [0.2, 0.25) is 5.95 Å². The predicted octanol–water partition coefficient (Wildman–Crippen LogP) is 0.372. The zero-order chi connectivity index (χ0) is 12.3. The lowest BCUT2D eigenvalue weighted by Crippen LogP contribution is -2.34. The van der Waals surface area contributed by atoms with Crippen LogP contribution in [0, 0.1) is 0 Å². The summed E-state index contributed by atoms with van der Waals surface area (Å²) in [5.41, 5.74) is 0. The molecule has 1 aromatic heterocycles. The normalized spacial score (nSPS) is 16.7. The average molecular weight is 238 g/mol. The fourth-order valence-corrected chi connectivity index (χ4v) is 1.79. The number of nitrogens with zero attached hydrogens (tertiary/aromatic N) is 4. The van der Waals surface area contributed by atoms with E-state index >= 15 is 0 Å². The minimum Gasteiger partial charge on any atom is -0.505 e. The molecule has 1 aliphatic heterocycles. The van der Waals surface area contributed by atoms with Crippen LogP contribution in [-0.2, 0) is 0 Å². The van der Waals surface area contributed by atoms with Crippen LogP contribution in [-0.4, -0.2) is 57.4 Å². The molecule has 1 aromatic rings. The molecule has 0 aromatic carbocycles. The molecule has 0 aliphatic carbocycles. The topological polar surface area (TPSA) is 89.8 Å². The van der Waals surface area contributed by atoms with Crippen molar-refractivity contribution >= 4 is 12.0 Å². The Hall–Kier alpha value is -2.05. The maximum absolute atomic E-state index is 10.8. The standard InChI is InChI=1S/C10H14N4O3/c15-8-6-11-9(12-7-8)13-2-1-3-14(5-4-13)10(16)17/h6-7,15H,1-5H2,(H,16,17). The van der Waals surface area contributed by atoms with Crippen molar-refractivity contribution in [3.05, 3.63) is 12.4 Å². The van der Waals surface area contributed by atoms with E-state index in [-0.39, 0.29) is 5.75 Å². The molecule has 2 rings (SSSR count). The summed E-state index contributed by atoms with van der Waals surface area (Å²) in [6.45, 7) is 2.26. The first-order valence-electron chi connectivity index (χ1n) is 5.40. The van der Waals surface area contributed by atoms with Gasteiger partial charge in [-0.2, -0.15) is 0 Å². The van der Waals surface area contributed by atoms with Crippen molar-refractivity contribution in [2.24, 2.45) is 0 Å². The molecule has 0 unspecified atom stereocenters. The van der Waals surface area contributed by atoms with Crippen LogP contribution >= 0.6 is 0 Å². The van der Waals surface area contributed by atoms with Gasteiger partial charge in [-0.3, -0.25) is 0 Å². The van der Waals surface area contributed by atoms with E-state index in [4.69, 9.17) is 10.2 Å². The molecular weight excluding hydrogens is 224 g/mol. The Bertz CT molecular complexity index is 395. The van der Waals surface area contributed by atoms with Crippen molar-refractivity contribution in [2.45, 2.75) is 6.42 Å². The Kier molecular flexibility index (Phi) is 3.27. The molecule has 1 amide bonds. The van der Waals surface area contributed by atoms with Gasteiger partial charge < -0.3 is 20.0 Å². The summed E-state index contributed by atoms with van der Waals surface area (Å²) in [5, 5.41) is 18.0. The van der Waals surface area contributed by atoms with E-state index in [0.717, 1.165) is 6.42 Å². The van der Waals surface area contributed by atoms with Gasteiger partial charge in [0, 0.05) is 26.2 Å². The van der Waals surface area contributed by atoms with E-state index in [1.807, 2.05) is 4.90 Å². The molecule has 0 bridgehead atoms. The third-order valence-electron chi connectivity index (χ3n) is 2.67. The summed E-state index contributed by atoms with van der Waals surface area (Å²) in [7, 11) is 0. The van der Waals surface area contributed by atoms with Crippen molar-refractivity contribution in [2.75, 3.05) is 31.1 Å². The highest BCUT2D eigenvalue weighted by atomic mass is 16.4. The number of rotatable bonds is 1. The van der Waals surface area contributed by atoms with E-state index in [0.29, 0.717) is 32.1 Å². The minimum absolute atomic E-state index is 0.0238. The van der Waals surface area contributed by atoms with Crippen molar-refractivity contribution in [1.82, 2.24) is 14.9 Å². The Balaban J connectivity index is 2.03. The summed E-state index contributed by atoms with van der Waals surface area (Å²) < 4.78 is 0. The number of amides is 1. The Morgan fingerprint density at radius 2 is 1.88 bits per heavy atom. The molecule has 7 nitrogen and oxygen atoms in total. The molecule has 1 fully saturated rings. The summed E-state index contributed by atoms with van der Waals surface area (Å²) >= 11 is 0. The summed E-state index contributed by atoms with van der Waals surface area (Å²) in [6.07, 6.45) is 2.53. The number of anilines is 1. The highest BCUT2D eigenvalue weighted by molar-refractivity contribution is 5.65. The molecule has 0 radical (unpaired) electrons. The quantitative estimate of drug-likeness (QED) is 0.734. The van der Waals surface area contributed by atoms with Gasteiger partial charge in [-0.15, -0.1) is 0 Å². The van der Waals surface area contributed by atoms with Crippen molar-refractivity contribution < 1.29 is 15.0 Å². The number of hydrogen-bond acceptors (Lipinski definition) is 5. The number of hydrogen-bond donors (Lipinski definition) is 2. The molecule has 17 heavy (non-hydrogen) atoms. The van der Waals surface area contributed by atoms with E-state index in [1.165, 1.54) is 17.3 Å². The van der Waals surface area contributed by atoms with Crippen LogP contribution in [0.4, 0.5) is 10.7 Å². The summed E-state index contributed by atoms with van der Waals surface area (Å²) in [5.74, 6) is 0.547. The van der Waals surface area contributed by atoms with Crippen LogP contribution in [0.2, 0.25) is 0 Å². The molecule has 0 saturated carbocycles. The molecule has 2 N–H and O–H groups in total. The average Bonchev–Trinajstić information content (AvgIpc) is 2.55. The molecule has 7 heteroatoms. The van der Waals surface area contributed by atoms with Gasteiger partial charge in [-0.05, 0) is 6.42 Å². The Labute approximate surface area is 98.3 Å². The Morgan fingerprint density at radius 1 is 1.18 bits per heavy atom. The van der Waals surface area contributed by atoms with Gasteiger partial charge in [0.1, 0.15) is 0 Å². The van der Waals surface area contributed by atoms with E-state index in [9.17, 15) is 4.79 Å².